The maximum Gasteiger partial charge on any atom is 0.273 e. The van der Waals surface area contributed by atoms with Crippen LogP contribution in [-0.4, -0.2) is 48.0 Å². The number of hydrogen-bond acceptors (Lipinski definition) is 6. The van der Waals surface area contributed by atoms with E-state index < -0.39 is 0 Å². The van der Waals surface area contributed by atoms with Crippen LogP contribution in [0.15, 0.2) is 53.4 Å². The highest BCUT2D eigenvalue weighted by molar-refractivity contribution is 8.00. The molecule has 8 heteroatoms. The summed E-state index contributed by atoms with van der Waals surface area (Å²) in [6.45, 7) is 1.44. The Labute approximate surface area is 167 Å². The van der Waals surface area contributed by atoms with Crippen molar-refractivity contribution in [3.8, 4) is 0 Å². The number of hydrogen-bond donors (Lipinski definition) is 2. The zero-order valence-electron chi connectivity index (χ0n) is 15.8. The van der Waals surface area contributed by atoms with Crippen LogP contribution in [-0.2, 0) is 0 Å². The minimum atomic E-state index is -0.298. The van der Waals surface area contributed by atoms with Crippen molar-refractivity contribution in [1.82, 2.24) is 20.2 Å². The van der Waals surface area contributed by atoms with Crippen LogP contribution in [0.2, 0.25) is 0 Å². The van der Waals surface area contributed by atoms with E-state index in [1.165, 1.54) is 24.1 Å². The van der Waals surface area contributed by atoms with Crippen LogP contribution >= 0.6 is 11.9 Å². The highest BCUT2D eigenvalue weighted by atomic mass is 32.2. The molecular formula is C20H22FN5OS. The molecule has 0 saturated heterocycles. The number of carbonyl (C=O) groups excluding carboxylic acids is 1. The van der Waals surface area contributed by atoms with Gasteiger partial charge in [0.15, 0.2) is 11.5 Å². The van der Waals surface area contributed by atoms with Gasteiger partial charge in [0.1, 0.15) is 5.82 Å². The van der Waals surface area contributed by atoms with Crippen molar-refractivity contribution in [3.63, 3.8) is 0 Å². The van der Waals surface area contributed by atoms with Crippen LogP contribution in [0.3, 0.4) is 0 Å². The van der Waals surface area contributed by atoms with Crippen molar-refractivity contribution in [1.29, 1.82) is 0 Å². The highest BCUT2D eigenvalue weighted by Gasteiger charge is 2.16. The Hall–Kier alpha value is -2.71. The molecule has 146 valence electrons. The number of aromatic nitrogens is 2. The first kappa shape index (κ1) is 20.0. The van der Waals surface area contributed by atoms with Crippen molar-refractivity contribution < 1.29 is 9.18 Å². The second-order valence-electron chi connectivity index (χ2n) is 6.48. The number of carbonyl (C=O) groups is 1. The maximum atomic E-state index is 13.1. The summed E-state index contributed by atoms with van der Waals surface area (Å²) in [5, 5.41) is 2.90. The number of nitrogens with zero attached hydrogens (tertiary/aromatic N) is 3. The van der Waals surface area contributed by atoms with Gasteiger partial charge in [-0.25, -0.2) is 14.4 Å². The Morgan fingerprint density at radius 1 is 1.07 bits per heavy atom. The fraction of sp³-hybridized carbons (Fsp3) is 0.250. The van der Waals surface area contributed by atoms with Crippen molar-refractivity contribution in [2.45, 2.75) is 11.3 Å². The molecule has 3 aromatic rings. The van der Waals surface area contributed by atoms with Gasteiger partial charge in [0.25, 0.3) is 5.91 Å². The van der Waals surface area contributed by atoms with E-state index in [2.05, 4.69) is 24.9 Å². The van der Waals surface area contributed by atoms with Gasteiger partial charge in [-0.2, -0.15) is 0 Å². The Morgan fingerprint density at radius 2 is 1.75 bits per heavy atom. The Kier molecular flexibility index (Phi) is 6.78. The van der Waals surface area contributed by atoms with E-state index in [0.717, 1.165) is 17.9 Å². The monoisotopic (exact) mass is 399 g/mol. The first-order valence-corrected chi connectivity index (χ1v) is 9.73. The van der Waals surface area contributed by atoms with E-state index in [1.807, 2.05) is 38.4 Å². The molecule has 6 nitrogen and oxygen atoms in total. The molecule has 0 saturated carbocycles. The van der Waals surface area contributed by atoms with Crippen LogP contribution in [0.25, 0.3) is 11.0 Å². The molecule has 2 aromatic carbocycles. The van der Waals surface area contributed by atoms with Crippen LogP contribution in [0.5, 0.6) is 0 Å². The van der Waals surface area contributed by atoms with Crippen LogP contribution in [0, 0.1) is 5.82 Å². The Bertz CT molecular complexity index is 949. The summed E-state index contributed by atoms with van der Waals surface area (Å²) in [6.07, 6.45) is 0.840. The lowest BCUT2D eigenvalue weighted by Gasteiger charge is -2.12. The summed E-state index contributed by atoms with van der Waals surface area (Å²) < 4.78 is 16.2. The van der Waals surface area contributed by atoms with E-state index in [9.17, 15) is 9.18 Å². The van der Waals surface area contributed by atoms with Gasteiger partial charge in [0.2, 0.25) is 0 Å². The molecule has 0 aliphatic carbocycles. The Morgan fingerprint density at radius 3 is 2.43 bits per heavy atom. The molecule has 2 N–H and O–H groups in total. The normalized spacial score (nSPS) is 11.0. The quantitative estimate of drug-likeness (QED) is 0.446. The highest BCUT2D eigenvalue weighted by Crippen LogP contribution is 2.24. The van der Waals surface area contributed by atoms with E-state index in [4.69, 9.17) is 0 Å². The lowest BCUT2D eigenvalue weighted by atomic mass is 10.2. The van der Waals surface area contributed by atoms with Crippen molar-refractivity contribution in [3.05, 3.63) is 60.0 Å². The molecular weight excluding hydrogens is 377 g/mol. The predicted octanol–water partition coefficient (Wildman–Crippen LogP) is 3.57. The summed E-state index contributed by atoms with van der Waals surface area (Å²) in [5.41, 5.74) is 1.57. The largest absolute Gasteiger partial charge is 0.351 e. The lowest BCUT2D eigenvalue weighted by Crippen LogP contribution is -2.28. The third-order valence-corrected chi connectivity index (χ3v) is 4.74. The standard InChI is InChI=1S/C20H22FN5OS/c1-26(2)13-5-12-22-20(27)18-19(24-17-7-4-3-6-16(17)23-18)25-28-15-10-8-14(21)9-11-15/h3-4,6-11H,5,12-13H2,1-2H3,(H,22,27)(H,24,25). The van der Waals surface area contributed by atoms with Gasteiger partial charge < -0.3 is 14.9 Å². The number of benzene rings is 2. The molecule has 0 aliphatic rings. The molecule has 1 heterocycles. The minimum absolute atomic E-state index is 0.234. The van der Waals surface area contributed by atoms with E-state index in [1.54, 1.807) is 12.1 Å². The van der Waals surface area contributed by atoms with E-state index in [-0.39, 0.29) is 17.4 Å². The molecule has 0 unspecified atom stereocenters. The Balaban J connectivity index is 1.79. The molecule has 1 amide bonds. The van der Waals surface area contributed by atoms with Gasteiger partial charge >= 0.3 is 0 Å². The number of anilines is 1. The van der Waals surface area contributed by atoms with Gasteiger partial charge in [-0.1, -0.05) is 12.1 Å². The molecule has 28 heavy (non-hydrogen) atoms. The number of rotatable bonds is 8. The van der Waals surface area contributed by atoms with Gasteiger partial charge in [-0.3, -0.25) is 4.79 Å². The molecule has 3 rings (SSSR count). The fourth-order valence-electron chi connectivity index (χ4n) is 2.52. The topological polar surface area (TPSA) is 70.2 Å². The summed E-state index contributed by atoms with van der Waals surface area (Å²) in [7, 11) is 3.98. The number of amides is 1. The number of halogens is 1. The van der Waals surface area contributed by atoms with Crippen molar-refractivity contribution in [2.75, 3.05) is 31.9 Å². The molecule has 0 spiro atoms. The van der Waals surface area contributed by atoms with Gasteiger partial charge in [0, 0.05) is 11.4 Å². The van der Waals surface area contributed by atoms with Crippen LogP contribution in [0.1, 0.15) is 16.9 Å². The third kappa shape index (κ3) is 5.40. The summed E-state index contributed by atoms with van der Waals surface area (Å²) >= 11 is 1.25. The molecule has 0 aliphatic heterocycles. The molecule has 0 bridgehead atoms. The number of fused-ring (bicyclic) bond motifs is 1. The van der Waals surface area contributed by atoms with Gasteiger partial charge in [0.05, 0.1) is 11.0 Å². The summed E-state index contributed by atoms with van der Waals surface area (Å²) in [4.78, 5) is 24.6. The second kappa shape index (κ2) is 9.48. The van der Waals surface area contributed by atoms with E-state index in [0.29, 0.717) is 23.4 Å². The SMILES string of the molecule is CN(C)CCCNC(=O)c1nc2ccccc2nc1NSc1ccc(F)cc1. The van der Waals surface area contributed by atoms with Crippen molar-refractivity contribution in [2.24, 2.45) is 0 Å². The first-order chi connectivity index (χ1) is 13.5. The molecule has 0 radical (unpaired) electrons. The number of nitrogens with one attached hydrogen (secondary N) is 2. The average Bonchev–Trinajstić information content (AvgIpc) is 2.69. The maximum absolute atomic E-state index is 13.1. The summed E-state index contributed by atoms with van der Waals surface area (Å²) in [5.74, 6) is -0.204. The first-order valence-electron chi connectivity index (χ1n) is 8.91. The summed E-state index contributed by atoms with van der Waals surface area (Å²) in [6, 6.07) is 13.5. The molecule has 0 atom stereocenters. The lowest BCUT2D eigenvalue weighted by molar-refractivity contribution is 0.0948. The predicted molar refractivity (Wildman–Crippen MR) is 111 cm³/mol. The molecule has 1 aromatic heterocycles. The van der Waals surface area contributed by atoms with Crippen LogP contribution < -0.4 is 10.0 Å². The van der Waals surface area contributed by atoms with E-state index >= 15 is 0 Å². The number of para-hydroxylation sites is 2. The minimum Gasteiger partial charge on any atom is -0.351 e. The smallest absolute Gasteiger partial charge is 0.273 e. The van der Waals surface area contributed by atoms with Crippen LogP contribution in [0.4, 0.5) is 10.2 Å². The fourth-order valence-corrected chi connectivity index (χ4v) is 3.15. The molecule has 0 fully saturated rings. The average molecular weight is 399 g/mol. The zero-order valence-corrected chi connectivity index (χ0v) is 16.6. The zero-order chi connectivity index (χ0) is 19.9. The van der Waals surface area contributed by atoms with Gasteiger partial charge in [-0.05, 0) is 75.4 Å². The third-order valence-electron chi connectivity index (χ3n) is 3.93. The van der Waals surface area contributed by atoms with Crippen molar-refractivity contribution >= 4 is 34.7 Å². The van der Waals surface area contributed by atoms with Gasteiger partial charge in [-0.15, -0.1) is 0 Å². The second-order valence-corrected chi connectivity index (χ2v) is 7.36.